The first-order valence-electron chi connectivity index (χ1n) is 12.2. The number of nitrogens with zero attached hydrogens (tertiary/aromatic N) is 4. The van der Waals surface area contributed by atoms with Crippen LogP contribution in [0.15, 0.2) is 60.0 Å². The Morgan fingerprint density at radius 3 is 2.38 bits per heavy atom. The van der Waals surface area contributed by atoms with Gasteiger partial charge in [-0.05, 0) is 38.1 Å². The lowest BCUT2D eigenvalue weighted by Crippen LogP contribution is -2.49. The lowest BCUT2D eigenvalue weighted by Gasteiger charge is -2.36. The Morgan fingerprint density at radius 1 is 1.03 bits per heavy atom. The van der Waals surface area contributed by atoms with Gasteiger partial charge in [0, 0.05) is 43.2 Å². The van der Waals surface area contributed by atoms with Crippen LogP contribution in [0.25, 0.3) is 0 Å². The van der Waals surface area contributed by atoms with Gasteiger partial charge in [-0.2, -0.15) is 0 Å². The molecule has 1 aromatic heterocycles. The van der Waals surface area contributed by atoms with E-state index in [1.165, 1.54) is 16.2 Å². The van der Waals surface area contributed by atoms with Gasteiger partial charge in [0.2, 0.25) is 11.8 Å². The first-order valence-corrected chi connectivity index (χ1v) is 13.4. The number of amides is 3. The summed E-state index contributed by atoms with van der Waals surface area (Å²) in [5, 5.41) is 5.67. The number of piperazine rings is 1. The number of thiazole rings is 1. The van der Waals surface area contributed by atoms with Crippen LogP contribution >= 0.6 is 22.9 Å². The number of para-hydroxylation sites is 1. The van der Waals surface area contributed by atoms with Gasteiger partial charge in [0.25, 0.3) is 5.91 Å². The van der Waals surface area contributed by atoms with Crippen molar-refractivity contribution in [1.29, 1.82) is 0 Å². The van der Waals surface area contributed by atoms with E-state index in [-0.39, 0.29) is 36.7 Å². The number of hydrogen-bond donors (Lipinski definition) is 1. The van der Waals surface area contributed by atoms with Crippen molar-refractivity contribution in [2.75, 3.05) is 42.9 Å². The largest absolute Gasteiger partial charge is 0.367 e. The van der Waals surface area contributed by atoms with Gasteiger partial charge in [-0.25, -0.2) is 4.98 Å². The summed E-state index contributed by atoms with van der Waals surface area (Å²) in [5.41, 5.74) is 2.13. The molecule has 1 aliphatic heterocycles. The molecule has 37 heavy (non-hydrogen) atoms. The van der Waals surface area contributed by atoms with E-state index >= 15 is 0 Å². The van der Waals surface area contributed by atoms with Crippen molar-refractivity contribution in [1.82, 2.24) is 14.8 Å². The fourth-order valence-corrected chi connectivity index (χ4v) is 5.15. The van der Waals surface area contributed by atoms with Gasteiger partial charge in [0.05, 0.1) is 22.8 Å². The minimum absolute atomic E-state index is 0.00132. The summed E-state index contributed by atoms with van der Waals surface area (Å²) in [5.74, 6) is -0.534. The van der Waals surface area contributed by atoms with Gasteiger partial charge in [0.15, 0.2) is 5.13 Å². The van der Waals surface area contributed by atoms with Gasteiger partial charge in [-0.3, -0.25) is 14.4 Å². The third-order valence-electron chi connectivity index (χ3n) is 6.17. The molecule has 3 amide bonds. The smallest absolute Gasteiger partial charge is 0.254 e. The van der Waals surface area contributed by atoms with Crippen molar-refractivity contribution < 1.29 is 14.4 Å². The van der Waals surface area contributed by atoms with Gasteiger partial charge < -0.3 is 20.0 Å². The fourth-order valence-electron chi connectivity index (χ4n) is 4.17. The van der Waals surface area contributed by atoms with Crippen LogP contribution in [0.5, 0.6) is 0 Å². The summed E-state index contributed by atoms with van der Waals surface area (Å²) >= 11 is 7.58. The number of hydrogen-bond acceptors (Lipinski definition) is 6. The fraction of sp³-hybridized carbons (Fsp3) is 0.333. The van der Waals surface area contributed by atoms with Gasteiger partial charge in [-0.15, -0.1) is 11.3 Å². The molecule has 3 aromatic rings. The highest BCUT2D eigenvalue weighted by Gasteiger charge is 2.24. The SMILES string of the molecule is CC(C)N(CC(=O)Nc1nc(CC(=O)N2CCN(c3ccccc3Cl)CC2)cs1)C(=O)c1ccccc1. The normalized spacial score (nSPS) is 13.5. The summed E-state index contributed by atoms with van der Waals surface area (Å²) < 4.78 is 0. The van der Waals surface area contributed by atoms with Crippen LogP contribution in [-0.4, -0.2) is 71.3 Å². The first kappa shape index (κ1) is 26.6. The molecule has 0 spiro atoms. The molecule has 8 nitrogen and oxygen atoms in total. The van der Waals surface area contributed by atoms with E-state index in [1.54, 1.807) is 29.6 Å². The molecular weight excluding hydrogens is 510 g/mol. The molecule has 2 aromatic carbocycles. The summed E-state index contributed by atoms with van der Waals surface area (Å²) in [4.78, 5) is 48.3. The third-order valence-corrected chi connectivity index (χ3v) is 7.30. The van der Waals surface area contributed by atoms with Crippen molar-refractivity contribution in [3.63, 3.8) is 0 Å². The highest BCUT2D eigenvalue weighted by atomic mass is 35.5. The van der Waals surface area contributed by atoms with Crippen LogP contribution in [0.1, 0.15) is 29.9 Å². The number of rotatable bonds is 8. The van der Waals surface area contributed by atoms with E-state index in [9.17, 15) is 14.4 Å². The van der Waals surface area contributed by atoms with Gasteiger partial charge >= 0.3 is 0 Å². The second-order valence-electron chi connectivity index (χ2n) is 9.08. The molecule has 0 saturated carbocycles. The maximum absolute atomic E-state index is 12.9. The number of carbonyl (C=O) groups excluding carboxylic acids is 3. The molecule has 4 rings (SSSR count). The third kappa shape index (κ3) is 6.87. The predicted octanol–water partition coefficient (Wildman–Crippen LogP) is 4.18. The summed E-state index contributed by atoms with van der Waals surface area (Å²) in [6.45, 7) is 6.29. The molecule has 2 heterocycles. The molecule has 0 aliphatic carbocycles. The Hall–Kier alpha value is -3.43. The second kappa shape index (κ2) is 12.2. The standard InChI is InChI=1S/C27H30ClN5O3S/c1-19(2)33(26(36)20-8-4-3-5-9-20)17-24(34)30-27-29-21(18-37-27)16-25(35)32-14-12-31(13-15-32)23-11-7-6-10-22(23)28/h3-11,18-19H,12-17H2,1-2H3,(H,29,30,34). The minimum atomic E-state index is -0.332. The monoisotopic (exact) mass is 539 g/mol. The second-order valence-corrected chi connectivity index (χ2v) is 10.3. The molecule has 1 aliphatic rings. The van der Waals surface area contributed by atoms with Gasteiger partial charge in [-0.1, -0.05) is 41.9 Å². The average molecular weight is 540 g/mol. The summed E-state index contributed by atoms with van der Waals surface area (Å²) in [6, 6.07) is 16.5. The molecule has 0 atom stereocenters. The van der Waals surface area contributed by atoms with Crippen LogP contribution in [0.4, 0.5) is 10.8 Å². The molecule has 10 heteroatoms. The molecule has 1 saturated heterocycles. The van der Waals surface area contributed by atoms with Crippen molar-refractivity contribution in [2.45, 2.75) is 26.3 Å². The molecule has 1 fully saturated rings. The highest BCUT2D eigenvalue weighted by Crippen LogP contribution is 2.26. The average Bonchev–Trinajstić information content (AvgIpc) is 3.34. The van der Waals surface area contributed by atoms with Gasteiger partial charge in [0.1, 0.15) is 6.54 Å². The Labute approximate surface area is 225 Å². The van der Waals surface area contributed by atoms with Crippen molar-refractivity contribution in [3.8, 4) is 0 Å². The lowest BCUT2D eigenvalue weighted by atomic mass is 10.1. The number of halogens is 1. The minimum Gasteiger partial charge on any atom is -0.367 e. The zero-order valence-corrected chi connectivity index (χ0v) is 22.5. The van der Waals surface area contributed by atoms with E-state index in [2.05, 4.69) is 15.2 Å². The van der Waals surface area contributed by atoms with E-state index < -0.39 is 0 Å². The van der Waals surface area contributed by atoms with E-state index in [0.717, 1.165) is 5.69 Å². The summed E-state index contributed by atoms with van der Waals surface area (Å²) in [6.07, 6.45) is 0.170. The topological polar surface area (TPSA) is 85.8 Å². The Kier molecular flexibility index (Phi) is 8.78. The molecule has 1 N–H and O–H groups in total. The van der Waals surface area contributed by atoms with Crippen LogP contribution in [0.3, 0.4) is 0 Å². The number of benzene rings is 2. The number of carbonyl (C=O) groups is 3. The summed E-state index contributed by atoms with van der Waals surface area (Å²) in [7, 11) is 0. The number of nitrogens with one attached hydrogen (secondary N) is 1. The van der Waals surface area contributed by atoms with Crippen molar-refractivity contribution in [3.05, 3.63) is 76.3 Å². The molecular formula is C27H30ClN5O3S. The molecule has 0 unspecified atom stereocenters. The maximum atomic E-state index is 12.9. The van der Waals surface area contributed by atoms with Crippen molar-refractivity contribution >= 4 is 51.5 Å². The van der Waals surface area contributed by atoms with Crippen LogP contribution < -0.4 is 10.2 Å². The Bertz CT molecular complexity index is 1240. The molecule has 0 radical (unpaired) electrons. The predicted molar refractivity (Wildman–Crippen MR) is 147 cm³/mol. The van der Waals surface area contributed by atoms with E-state index in [4.69, 9.17) is 11.6 Å². The van der Waals surface area contributed by atoms with Crippen molar-refractivity contribution in [2.24, 2.45) is 0 Å². The molecule has 0 bridgehead atoms. The Morgan fingerprint density at radius 2 is 1.70 bits per heavy atom. The zero-order chi connectivity index (χ0) is 26.4. The lowest BCUT2D eigenvalue weighted by molar-refractivity contribution is -0.130. The zero-order valence-electron chi connectivity index (χ0n) is 20.9. The van der Waals surface area contributed by atoms with E-state index in [0.29, 0.717) is 47.6 Å². The molecule has 194 valence electrons. The number of anilines is 2. The van der Waals surface area contributed by atoms with Crippen LogP contribution in [-0.2, 0) is 16.0 Å². The maximum Gasteiger partial charge on any atom is 0.254 e. The van der Waals surface area contributed by atoms with E-state index in [1.807, 2.05) is 49.1 Å². The highest BCUT2D eigenvalue weighted by molar-refractivity contribution is 7.13. The van der Waals surface area contributed by atoms with Crippen LogP contribution in [0, 0.1) is 0 Å². The van der Waals surface area contributed by atoms with Crippen LogP contribution in [0.2, 0.25) is 5.02 Å². The first-order chi connectivity index (χ1) is 17.8. The quantitative estimate of drug-likeness (QED) is 0.464. The Balaban J connectivity index is 1.28. The number of aromatic nitrogens is 1.